The number of phosphoric ester groups is 2. The molecule has 19 heteroatoms. The molecule has 0 aromatic heterocycles. The number of esters is 4. The summed E-state index contributed by atoms with van der Waals surface area (Å²) >= 11 is 0. The first-order chi connectivity index (χ1) is 53.7. The van der Waals surface area contributed by atoms with Crippen molar-refractivity contribution in [3.63, 3.8) is 0 Å². The molecule has 0 fully saturated rings. The Labute approximate surface area is 663 Å². The fourth-order valence-corrected chi connectivity index (χ4v) is 10.9. The van der Waals surface area contributed by atoms with Crippen LogP contribution < -0.4 is 0 Å². The molecule has 614 valence electrons. The van der Waals surface area contributed by atoms with Crippen LogP contribution >= 0.6 is 15.6 Å². The highest BCUT2D eigenvalue weighted by Crippen LogP contribution is 2.45. The van der Waals surface area contributed by atoms with Crippen LogP contribution in [0.3, 0.4) is 0 Å². The molecule has 110 heavy (non-hydrogen) atoms. The monoisotopic (exact) mass is 1560 g/mol. The zero-order valence-electron chi connectivity index (χ0n) is 67.1. The number of carbonyl (C=O) groups is 4. The van der Waals surface area contributed by atoms with Gasteiger partial charge in [0.15, 0.2) is 12.2 Å². The van der Waals surface area contributed by atoms with Crippen molar-refractivity contribution in [2.45, 2.75) is 264 Å². The van der Waals surface area contributed by atoms with Gasteiger partial charge in [-0.05, 0) is 186 Å². The number of carbonyl (C=O) groups excluding carboxylic acids is 4. The highest BCUT2D eigenvalue weighted by molar-refractivity contribution is 7.47. The normalized spacial score (nSPS) is 15.1. The van der Waals surface area contributed by atoms with E-state index in [-0.39, 0.29) is 25.7 Å². The van der Waals surface area contributed by atoms with Crippen molar-refractivity contribution < 1.29 is 80.2 Å². The molecule has 0 saturated heterocycles. The van der Waals surface area contributed by atoms with Gasteiger partial charge in [-0.3, -0.25) is 37.3 Å². The van der Waals surface area contributed by atoms with E-state index in [1.54, 1.807) is 0 Å². The number of aliphatic hydroxyl groups is 1. The molecule has 3 N–H and O–H groups in total. The second-order valence-corrected chi connectivity index (χ2v) is 28.4. The number of phosphoric acid groups is 2. The van der Waals surface area contributed by atoms with Gasteiger partial charge < -0.3 is 33.8 Å². The average Bonchev–Trinajstić information content (AvgIpc) is 0.906. The summed E-state index contributed by atoms with van der Waals surface area (Å²) in [7, 11) is -10.1. The molecule has 17 nitrogen and oxygen atoms in total. The second kappa shape index (κ2) is 79.9. The maximum absolute atomic E-state index is 13.1. The lowest BCUT2D eigenvalue weighted by Gasteiger charge is -2.21. The summed E-state index contributed by atoms with van der Waals surface area (Å²) in [5.74, 6) is -2.45. The highest BCUT2D eigenvalue weighted by atomic mass is 31.2. The maximum atomic E-state index is 13.1. The molecular weight excluding hydrogens is 1430 g/mol. The van der Waals surface area contributed by atoms with Gasteiger partial charge in [0, 0.05) is 25.7 Å². The van der Waals surface area contributed by atoms with E-state index in [0.717, 1.165) is 148 Å². The van der Waals surface area contributed by atoms with E-state index in [0.29, 0.717) is 44.9 Å². The summed E-state index contributed by atoms with van der Waals surface area (Å²) in [5, 5.41) is 10.7. The third-order valence-electron chi connectivity index (χ3n) is 15.3. The van der Waals surface area contributed by atoms with Gasteiger partial charge in [-0.15, -0.1) is 0 Å². The van der Waals surface area contributed by atoms with Crippen LogP contribution in [0.25, 0.3) is 0 Å². The summed E-state index contributed by atoms with van der Waals surface area (Å²) < 4.78 is 68.5. The maximum Gasteiger partial charge on any atom is 0.472 e. The summed E-state index contributed by atoms with van der Waals surface area (Å²) in [5.41, 5.74) is 0. The number of hydrogen-bond donors (Lipinski definition) is 3. The van der Waals surface area contributed by atoms with Crippen LogP contribution in [-0.2, 0) is 65.4 Å². The van der Waals surface area contributed by atoms with Crippen molar-refractivity contribution in [3.05, 3.63) is 243 Å². The Hall–Kier alpha value is -7.14. The molecule has 5 unspecified atom stereocenters. The van der Waals surface area contributed by atoms with Crippen LogP contribution in [0.2, 0.25) is 0 Å². The van der Waals surface area contributed by atoms with E-state index in [4.69, 9.17) is 37.0 Å². The molecular formula is C91H138O17P2. The van der Waals surface area contributed by atoms with Gasteiger partial charge in [0.2, 0.25) is 0 Å². The summed E-state index contributed by atoms with van der Waals surface area (Å²) in [6.45, 7) is 4.13. The Balaban J connectivity index is 5.61. The van der Waals surface area contributed by atoms with E-state index in [1.165, 1.54) is 0 Å². The first kappa shape index (κ1) is 103. The first-order valence-corrected chi connectivity index (χ1v) is 43.3. The number of unbranched alkanes of at least 4 members (excludes halogenated alkanes) is 6. The minimum atomic E-state index is -5.03. The second-order valence-electron chi connectivity index (χ2n) is 25.5. The third-order valence-corrected chi connectivity index (χ3v) is 17.2. The molecule has 0 radical (unpaired) electrons. The largest absolute Gasteiger partial charge is 0.472 e. The molecule has 0 aliphatic rings. The van der Waals surface area contributed by atoms with Gasteiger partial charge in [-0.2, -0.15) is 0 Å². The van der Waals surface area contributed by atoms with Crippen molar-refractivity contribution in [2.75, 3.05) is 39.6 Å². The van der Waals surface area contributed by atoms with Crippen LogP contribution in [0.1, 0.15) is 246 Å². The molecule has 0 bridgehead atoms. The molecule has 0 aromatic carbocycles. The molecule has 0 aliphatic carbocycles. The number of hydrogen-bond acceptors (Lipinski definition) is 15. The van der Waals surface area contributed by atoms with Gasteiger partial charge in [0.05, 0.1) is 26.4 Å². The summed E-state index contributed by atoms with van der Waals surface area (Å²) in [4.78, 5) is 73.1. The number of rotatable bonds is 72. The molecule has 0 saturated carbocycles. The predicted molar refractivity (Wildman–Crippen MR) is 454 cm³/mol. The quantitative estimate of drug-likeness (QED) is 0.0169. The highest BCUT2D eigenvalue weighted by Gasteiger charge is 2.30. The third kappa shape index (κ3) is 79.0. The van der Waals surface area contributed by atoms with Gasteiger partial charge in [-0.25, -0.2) is 9.13 Å². The topological polar surface area (TPSA) is 237 Å². The first-order valence-electron chi connectivity index (χ1n) is 40.3. The Bertz CT molecular complexity index is 3050. The molecule has 0 amide bonds. The number of aliphatic hydroxyl groups excluding tert-OH is 1. The van der Waals surface area contributed by atoms with Crippen molar-refractivity contribution in [3.8, 4) is 0 Å². The van der Waals surface area contributed by atoms with E-state index in [2.05, 4.69) is 234 Å². The fraction of sp³-hybridized carbons (Fsp3) is 0.516. The van der Waals surface area contributed by atoms with E-state index in [9.17, 15) is 43.2 Å². The predicted octanol–water partition coefficient (Wildman–Crippen LogP) is 24.0. The Morgan fingerprint density at radius 1 is 0.255 bits per heavy atom. The van der Waals surface area contributed by atoms with E-state index in [1.807, 2.05) is 36.5 Å². The van der Waals surface area contributed by atoms with Crippen LogP contribution in [-0.4, -0.2) is 96.7 Å². The average molecular weight is 1570 g/mol. The van der Waals surface area contributed by atoms with E-state index < -0.39 is 97.5 Å². The smallest absolute Gasteiger partial charge is 0.462 e. The molecule has 5 atom stereocenters. The minimum Gasteiger partial charge on any atom is -0.462 e. The van der Waals surface area contributed by atoms with Crippen LogP contribution in [0.4, 0.5) is 0 Å². The lowest BCUT2D eigenvalue weighted by atomic mass is 10.1. The SMILES string of the molecule is CC/C=C\C/C=C\C/C=C\C/C=C\C/C=C\CCCCCC(=O)OCC(COP(=O)(O)OCC(O)COP(=O)(O)OCC(COC(=O)CCC/C=C\C/C=C\C/C=C\C/C=C\C/C=C\CC)OC(=O)CCC/C=C\C/C=C\C/C=C\C/C=C\C/C=C\CC)OC(=O)CCC/C=C\C/C=C\C/C=C\C/C=C\C/C=C\CC. The van der Waals surface area contributed by atoms with Crippen molar-refractivity contribution in [1.29, 1.82) is 0 Å². The Kier molecular flexibility index (Phi) is 74.7. The lowest BCUT2D eigenvalue weighted by Crippen LogP contribution is -2.30. The van der Waals surface area contributed by atoms with E-state index >= 15 is 0 Å². The molecule has 0 heterocycles. The fourth-order valence-electron chi connectivity index (χ4n) is 9.35. The summed E-state index contributed by atoms with van der Waals surface area (Å²) in [6, 6.07) is 0. The molecule has 0 aromatic rings. The van der Waals surface area contributed by atoms with Gasteiger partial charge >= 0.3 is 39.5 Å². The van der Waals surface area contributed by atoms with Crippen LogP contribution in [0.5, 0.6) is 0 Å². The summed E-state index contributed by atoms with van der Waals surface area (Å²) in [6.07, 6.45) is 104. The standard InChI is InChI=1S/C91H138O17P2/c1-5-9-13-17-21-25-29-33-37-41-42-46-48-52-56-60-64-68-72-76-89(94)102-82-87(108-91(96)78-74-70-66-62-58-54-50-45-40-36-32-28-24-20-16-12-8-4)84-106-110(99,100)104-80-85(92)79-103-109(97,98)105-83-86(107-90(95)77-73-69-65-61-57-53-49-44-39-35-31-27-23-19-15-11-7-3)81-101-88(93)75-71-67-63-59-55-51-47-43-38-34-30-26-22-18-14-10-6-2/h9-16,21-28,33-40,42,46-47,49-54,56,59,61-63,65-66,85-87,92H,5-8,17-20,29-32,41,43-45,48,55,57-58,60,64,67-84H2,1-4H3,(H,97,98)(H,99,100)/b13-9-,14-10-,15-11-,16-12-,25-21-,26-22-,27-23-,28-24-,37-33-,38-34-,39-35-,40-36-,46-42-,51-47-,53-49-,54-50-,56-52-,63-59-,65-61-,66-62-. The van der Waals surface area contributed by atoms with Crippen molar-refractivity contribution in [2.24, 2.45) is 0 Å². The van der Waals surface area contributed by atoms with Crippen LogP contribution in [0.15, 0.2) is 243 Å². The van der Waals surface area contributed by atoms with Gasteiger partial charge in [0.25, 0.3) is 0 Å². The molecule has 0 spiro atoms. The molecule has 0 aliphatic heterocycles. The number of ether oxygens (including phenoxy) is 4. The number of allylic oxidation sites excluding steroid dienone is 40. The van der Waals surface area contributed by atoms with Crippen molar-refractivity contribution >= 4 is 39.5 Å². The van der Waals surface area contributed by atoms with Crippen LogP contribution in [0, 0.1) is 0 Å². The zero-order valence-corrected chi connectivity index (χ0v) is 68.9. The van der Waals surface area contributed by atoms with Gasteiger partial charge in [0.1, 0.15) is 19.3 Å². The minimum absolute atomic E-state index is 0.00569. The Morgan fingerprint density at radius 3 is 0.700 bits per heavy atom. The lowest BCUT2D eigenvalue weighted by molar-refractivity contribution is -0.161. The Morgan fingerprint density at radius 2 is 0.455 bits per heavy atom. The van der Waals surface area contributed by atoms with Crippen molar-refractivity contribution in [1.82, 2.24) is 0 Å². The van der Waals surface area contributed by atoms with Gasteiger partial charge in [-0.1, -0.05) is 277 Å². The molecule has 0 rings (SSSR count). The zero-order chi connectivity index (χ0) is 80.3.